The third kappa shape index (κ3) is 3.90. The van der Waals surface area contributed by atoms with Crippen LogP contribution in [0.15, 0.2) is 23.0 Å². The summed E-state index contributed by atoms with van der Waals surface area (Å²) in [4.78, 5) is 22.9. The maximum absolute atomic E-state index is 12.0. The summed E-state index contributed by atoms with van der Waals surface area (Å²) in [7, 11) is 1.61. The maximum atomic E-state index is 12.0. The molecule has 0 aliphatic heterocycles. The highest BCUT2D eigenvalue weighted by Crippen LogP contribution is 2.31. The normalized spacial score (nSPS) is 10.4. The first-order valence-corrected chi connectivity index (χ1v) is 7.48. The van der Waals surface area contributed by atoms with Crippen LogP contribution in [0.2, 0.25) is 5.02 Å². The molecule has 0 aliphatic rings. The molecular formula is C16H18ClN3O3. The average Bonchev–Trinajstić information content (AvgIpc) is 2.55. The summed E-state index contributed by atoms with van der Waals surface area (Å²) in [5, 5.41) is 9.37. The van der Waals surface area contributed by atoms with Crippen LogP contribution in [-0.4, -0.2) is 29.8 Å². The van der Waals surface area contributed by atoms with Gasteiger partial charge in [0.2, 0.25) is 0 Å². The van der Waals surface area contributed by atoms with Crippen molar-refractivity contribution in [3.63, 3.8) is 0 Å². The lowest BCUT2D eigenvalue weighted by Gasteiger charge is -2.15. The highest BCUT2D eigenvalue weighted by molar-refractivity contribution is 6.32. The molecule has 0 saturated heterocycles. The minimum absolute atomic E-state index is 0.162. The van der Waals surface area contributed by atoms with Gasteiger partial charge in [-0.2, -0.15) is 5.10 Å². The molecule has 0 aliphatic carbocycles. The van der Waals surface area contributed by atoms with E-state index in [1.165, 1.54) is 12.1 Å². The summed E-state index contributed by atoms with van der Waals surface area (Å²) in [6.45, 7) is 4.25. The van der Waals surface area contributed by atoms with Crippen molar-refractivity contribution in [1.82, 2.24) is 15.5 Å². The van der Waals surface area contributed by atoms with Crippen LogP contribution in [0.5, 0.6) is 5.75 Å². The average molecular weight is 336 g/mol. The number of aromatic nitrogens is 2. The molecule has 0 unspecified atom stereocenters. The van der Waals surface area contributed by atoms with Crippen LogP contribution in [0.4, 0.5) is 0 Å². The smallest absolute Gasteiger partial charge is 0.271 e. The van der Waals surface area contributed by atoms with Gasteiger partial charge in [0.1, 0.15) is 11.4 Å². The van der Waals surface area contributed by atoms with Crippen LogP contribution in [0.3, 0.4) is 0 Å². The number of nitrogens with one attached hydrogen (secondary N) is 2. The van der Waals surface area contributed by atoms with Gasteiger partial charge in [-0.1, -0.05) is 11.6 Å². The van der Waals surface area contributed by atoms with Crippen molar-refractivity contribution in [2.75, 3.05) is 13.7 Å². The molecule has 1 aromatic heterocycles. The molecular weight excluding hydrogens is 318 g/mol. The minimum atomic E-state index is -0.351. The second-order valence-corrected chi connectivity index (χ2v) is 5.50. The summed E-state index contributed by atoms with van der Waals surface area (Å²) < 4.78 is 5.39. The van der Waals surface area contributed by atoms with Crippen molar-refractivity contribution in [3.05, 3.63) is 56.0 Å². The summed E-state index contributed by atoms with van der Waals surface area (Å²) in [6, 6.07) is 4.52. The van der Waals surface area contributed by atoms with E-state index in [0.717, 1.165) is 22.4 Å². The van der Waals surface area contributed by atoms with E-state index in [9.17, 15) is 9.59 Å². The number of rotatable bonds is 5. The highest BCUT2D eigenvalue weighted by Gasteiger charge is 2.13. The lowest BCUT2D eigenvalue weighted by Crippen LogP contribution is -2.28. The number of benzene rings is 1. The van der Waals surface area contributed by atoms with Gasteiger partial charge in [-0.05, 0) is 43.5 Å². The van der Waals surface area contributed by atoms with E-state index in [0.29, 0.717) is 18.0 Å². The number of H-pyrrole nitrogens is 1. The first kappa shape index (κ1) is 17.0. The van der Waals surface area contributed by atoms with E-state index in [2.05, 4.69) is 15.5 Å². The van der Waals surface area contributed by atoms with Gasteiger partial charge in [0.05, 0.1) is 7.11 Å². The molecule has 0 spiro atoms. The molecule has 0 bridgehead atoms. The van der Waals surface area contributed by atoms with Crippen LogP contribution >= 0.6 is 11.6 Å². The van der Waals surface area contributed by atoms with Gasteiger partial charge < -0.3 is 10.1 Å². The summed E-state index contributed by atoms with van der Waals surface area (Å²) >= 11 is 6.28. The highest BCUT2D eigenvalue weighted by atomic mass is 35.5. The maximum Gasteiger partial charge on any atom is 0.271 e. The zero-order chi connectivity index (χ0) is 17.0. The zero-order valence-corrected chi connectivity index (χ0v) is 14.0. The van der Waals surface area contributed by atoms with E-state index < -0.39 is 0 Å². The molecule has 7 heteroatoms. The third-order valence-electron chi connectivity index (χ3n) is 3.57. The molecule has 6 nitrogen and oxygen atoms in total. The van der Waals surface area contributed by atoms with Gasteiger partial charge in [0.15, 0.2) is 0 Å². The molecule has 2 aromatic rings. The number of methoxy groups -OCH3 is 1. The fourth-order valence-electron chi connectivity index (χ4n) is 2.32. The van der Waals surface area contributed by atoms with Crippen molar-refractivity contribution >= 4 is 17.5 Å². The fraction of sp³-hybridized carbons (Fsp3) is 0.312. The third-order valence-corrected chi connectivity index (χ3v) is 4.15. The van der Waals surface area contributed by atoms with Crippen molar-refractivity contribution < 1.29 is 9.53 Å². The van der Waals surface area contributed by atoms with E-state index >= 15 is 0 Å². The number of nitrogens with zero attached hydrogens (tertiary/aromatic N) is 1. The van der Waals surface area contributed by atoms with Gasteiger partial charge in [-0.15, -0.1) is 0 Å². The van der Waals surface area contributed by atoms with E-state index in [-0.39, 0.29) is 17.2 Å². The zero-order valence-electron chi connectivity index (χ0n) is 13.2. The van der Waals surface area contributed by atoms with Gasteiger partial charge in [-0.3, -0.25) is 9.59 Å². The Kier molecular flexibility index (Phi) is 5.39. The SMILES string of the molecule is COc1cc(C)c(Cl)c(C)c1CCNC(=O)c1ccc(=O)[nH]n1. The number of carbonyl (C=O) groups excluding carboxylic acids is 1. The summed E-state index contributed by atoms with van der Waals surface area (Å²) in [5.74, 6) is 0.400. The number of hydrogen-bond acceptors (Lipinski definition) is 4. The van der Waals surface area contributed by atoms with Crippen LogP contribution in [-0.2, 0) is 6.42 Å². The predicted octanol–water partition coefficient (Wildman–Crippen LogP) is 2.02. The second-order valence-electron chi connectivity index (χ2n) is 5.13. The van der Waals surface area contributed by atoms with Crippen molar-refractivity contribution in [1.29, 1.82) is 0 Å². The Hall–Kier alpha value is -2.34. The lowest BCUT2D eigenvalue weighted by molar-refractivity contribution is 0.0948. The second kappa shape index (κ2) is 7.28. The first-order chi connectivity index (χ1) is 10.9. The Balaban J connectivity index is 2.07. The Morgan fingerprint density at radius 3 is 2.74 bits per heavy atom. The number of carbonyl (C=O) groups is 1. The van der Waals surface area contributed by atoms with Crippen LogP contribution in [0.1, 0.15) is 27.2 Å². The van der Waals surface area contributed by atoms with Crippen LogP contribution in [0.25, 0.3) is 0 Å². The number of aryl methyl sites for hydroxylation is 1. The molecule has 2 rings (SSSR count). The van der Waals surface area contributed by atoms with Gasteiger partial charge in [0, 0.05) is 23.2 Å². The number of halogens is 1. The topological polar surface area (TPSA) is 84.1 Å². The predicted molar refractivity (Wildman–Crippen MR) is 88.4 cm³/mol. The Labute approximate surface area is 138 Å². The molecule has 0 fully saturated rings. The Morgan fingerprint density at radius 2 is 2.13 bits per heavy atom. The Bertz CT molecular complexity index is 766. The summed E-state index contributed by atoms with van der Waals surface area (Å²) in [5.41, 5.74) is 2.66. The summed E-state index contributed by atoms with van der Waals surface area (Å²) in [6.07, 6.45) is 0.574. The number of amides is 1. The fourth-order valence-corrected chi connectivity index (χ4v) is 2.48. The quantitative estimate of drug-likeness (QED) is 0.875. The van der Waals surface area contributed by atoms with Gasteiger partial charge in [-0.25, -0.2) is 5.10 Å². The molecule has 1 aromatic carbocycles. The molecule has 0 radical (unpaired) electrons. The van der Waals surface area contributed by atoms with Gasteiger partial charge in [0.25, 0.3) is 11.5 Å². The molecule has 0 saturated carbocycles. The van der Waals surface area contributed by atoms with Crippen molar-refractivity contribution in [3.8, 4) is 5.75 Å². The van der Waals surface area contributed by atoms with Gasteiger partial charge >= 0.3 is 0 Å². The van der Waals surface area contributed by atoms with Crippen LogP contribution < -0.4 is 15.6 Å². The first-order valence-electron chi connectivity index (χ1n) is 7.10. The molecule has 122 valence electrons. The molecule has 23 heavy (non-hydrogen) atoms. The lowest BCUT2D eigenvalue weighted by atomic mass is 10.0. The molecule has 1 amide bonds. The molecule has 1 heterocycles. The van der Waals surface area contributed by atoms with E-state index in [4.69, 9.17) is 16.3 Å². The number of aromatic amines is 1. The Morgan fingerprint density at radius 1 is 1.39 bits per heavy atom. The minimum Gasteiger partial charge on any atom is -0.496 e. The van der Waals surface area contributed by atoms with Crippen LogP contribution in [0, 0.1) is 13.8 Å². The van der Waals surface area contributed by atoms with E-state index in [1.54, 1.807) is 7.11 Å². The van der Waals surface area contributed by atoms with E-state index in [1.807, 2.05) is 19.9 Å². The standard InChI is InChI=1S/C16H18ClN3O3/c1-9-8-13(23-3)11(10(2)15(9)17)6-7-18-16(22)12-4-5-14(21)20-19-12/h4-5,8H,6-7H2,1-3H3,(H,18,22)(H,20,21). The monoisotopic (exact) mass is 335 g/mol. The molecule has 0 atom stereocenters. The van der Waals surface area contributed by atoms with Crippen molar-refractivity contribution in [2.45, 2.75) is 20.3 Å². The number of ether oxygens (including phenoxy) is 1. The van der Waals surface area contributed by atoms with Crippen molar-refractivity contribution in [2.24, 2.45) is 0 Å². The number of hydrogen-bond donors (Lipinski definition) is 2. The largest absolute Gasteiger partial charge is 0.496 e. The molecule has 2 N–H and O–H groups in total.